The van der Waals surface area contributed by atoms with E-state index in [0.29, 0.717) is 43.4 Å². The van der Waals surface area contributed by atoms with Gasteiger partial charge in [0.1, 0.15) is 5.76 Å². The van der Waals surface area contributed by atoms with E-state index in [1.54, 1.807) is 39.2 Å². The second-order valence-corrected chi connectivity index (χ2v) is 9.27. The van der Waals surface area contributed by atoms with Crippen LogP contribution in [0.25, 0.3) is 6.08 Å². The van der Waals surface area contributed by atoms with Crippen molar-refractivity contribution in [3.8, 4) is 11.5 Å². The summed E-state index contributed by atoms with van der Waals surface area (Å²) in [6, 6.07) is 8.31. The van der Waals surface area contributed by atoms with Gasteiger partial charge in [0, 0.05) is 25.2 Å². The van der Waals surface area contributed by atoms with E-state index in [0.717, 1.165) is 19.0 Å². The topological polar surface area (TPSA) is 95.5 Å². The number of benzene rings is 1. The number of ether oxygens (including phenoxy) is 3. The molecule has 0 spiro atoms. The molecule has 37 heavy (non-hydrogen) atoms. The average molecular weight is 526 g/mol. The van der Waals surface area contributed by atoms with Crippen molar-refractivity contribution in [2.75, 3.05) is 38.8 Å². The lowest BCUT2D eigenvalue weighted by atomic mass is 9.95. The number of carbonyl (C=O) groups excluding carboxylic acids is 1. The van der Waals surface area contributed by atoms with Gasteiger partial charge in [0.05, 0.1) is 42.7 Å². The van der Waals surface area contributed by atoms with Crippen LogP contribution in [0, 0.1) is 0 Å². The van der Waals surface area contributed by atoms with Crippen molar-refractivity contribution in [3.63, 3.8) is 0 Å². The van der Waals surface area contributed by atoms with Gasteiger partial charge in [-0.1, -0.05) is 17.4 Å². The van der Waals surface area contributed by atoms with Crippen LogP contribution in [0.15, 0.2) is 55.8 Å². The molecule has 0 fully saturated rings. The van der Waals surface area contributed by atoms with Crippen LogP contribution >= 0.6 is 11.3 Å². The summed E-state index contributed by atoms with van der Waals surface area (Å²) in [5.41, 5.74) is 1.19. The molecule has 0 amide bonds. The van der Waals surface area contributed by atoms with Gasteiger partial charge in [-0.25, -0.2) is 9.79 Å². The third-order valence-corrected chi connectivity index (χ3v) is 7.18. The molecule has 0 bridgehead atoms. The van der Waals surface area contributed by atoms with Crippen molar-refractivity contribution in [1.29, 1.82) is 0 Å². The fourth-order valence-corrected chi connectivity index (χ4v) is 5.41. The molecule has 196 valence electrons. The van der Waals surface area contributed by atoms with E-state index in [2.05, 4.69) is 23.7 Å². The van der Waals surface area contributed by atoms with Crippen molar-refractivity contribution in [2.45, 2.75) is 33.7 Å². The summed E-state index contributed by atoms with van der Waals surface area (Å²) in [5.74, 6) is 1.81. The summed E-state index contributed by atoms with van der Waals surface area (Å²) >= 11 is 1.25. The number of fused-ring (bicyclic) bond motifs is 1. The van der Waals surface area contributed by atoms with Crippen LogP contribution in [0.4, 0.5) is 5.88 Å². The molecule has 1 atom stereocenters. The number of hydrogen-bond donors (Lipinski definition) is 0. The highest BCUT2D eigenvalue weighted by molar-refractivity contribution is 7.07. The summed E-state index contributed by atoms with van der Waals surface area (Å²) in [6.07, 6.45) is 1.71. The van der Waals surface area contributed by atoms with E-state index in [4.69, 9.17) is 18.6 Å². The van der Waals surface area contributed by atoms with Gasteiger partial charge < -0.3 is 23.5 Å². The molecule has 9 nitrogen and oxygen atoms in total. The largest absolute Gasteiger partial charge is 0.493 e. The van der Waals surface area contributed by atoms with Crippen LogP contribution in [0.3, 0.4) is 0 Å². The Morgan fingerprint density at radius 1 is 1.14 bits per heavy atom. The molecule has 1 aromatic carbocycles. The number of methoxy groups -OCH3 is 2. The minimum Gasteiger partial charge on any atom is -0.493 e. The number of allylic oxidation sites excluding steroid dienone is 1. The first kappa shape index (κ1) is 26.3. The maximum Gasteiger partial charge on any atom is 0.338 e. The van der Waals surface area contributed by atoms with Crippen LogP contribution in [0.2, 0.25) is 0 Å². The lowest BCUT2D eigenvalue weighted by Crippen LogP contribution is -2.39. The van der Waals surface area contributed by atoms with Gasteiger partial charge in [-0.2, -0.15) is 0 Å². The van der Waals surface area contributed by atoms with E-state index in [1.165, 1.54) is 23.0 Å². The number of furan rings is 1. The van der Waals surface area contributed by atoms with Crippen molar-refractivity contribution < 1.29 is 23.4 Å². The number of esters is 1. The zero-order valence-electron chi connectivity index (χ0n) is 21.9. The Balaban J connectivity index is 1.90. The van der Waals surface area contributed by atoms with Crippen molar-refractivity contribution >= 4 is 29.3 Å². The summed E-state index contributed by atoms with van der Waals surface area (Å²) in [7, 11) is 3.09. The lowest BCUT2D eigenvalue weighted by Gasteiger charge is -2.25. The fraction of sp³-hybridized carbons (Fsp3) is 0.370. The fourth-order valence-electron chi connectivity index (χ4n) is 4.38. The summed E-state index contributed by atoms with van der Waals surface area (Å²) in [6.45, 7) is 9.43. The molecule has 3 aromatic rings. The summed E-state index contributed by atoms with van der Waals surface area (Å²) < 4.78 is 24.2. The predicted molar refractivity (Wildman–Crippen MR) is 142 cm³/mol. The number of aromatic nitrogens is 1. The number of carbonyl (C=O) groups is 1. The van der Waals surface area contributed by atoms with Crippen LogP contribution in [0.5, 0.6) is 11.5 Å². The van der Waals surface area contributed by atoms with E-state index < -0.39 is 12.0 Å². The molecule has 0 saturated heterocycles. The van der Waals surface area contributed by atoms with Gasteiger partial charge in [0.15, 0.2) is 22.2 Å². The van der Waals surface area contributed by atoms with E-state index >= 15 is 0 Å². The van der Waals surface area contributed by atoms with E-state index in [-0.39, 0.29) is 12.2 Å². The van der Waals surface area contributed by atoms with E-state index in [9.17, 15) is 9.59 Å². The highest BCUT2D eigenvalue weighted by Gasteiger charge is 2.34. The standard InChI is InChI=1S/C27H31N3O6S/c1-7-29(8-2)22-13-11-18(36-22)15-21-25(31)30-24(17-10-12-19(33-5)20(14-17)34-6)23(26(32)35-9-3)16(4)28-27(30)37-21/h10-15,24H,7-9H2,1-6H3/b21-15+. The first-order valence-corrected chi connectivity index (χ1v) is 12.9. The number of hydrogen-bond acceptors (Lipinski definition) is 9. The highest BCUT2D eigenvalue weighted by atomic mass is 32.1. The second-order valence-electron chi connectivity index (χ2n) is 8.26. The van der Waals surface area contributed by atoms with Crippen molar-refractivity contribution in [3.05, 3.63) is 72.6 Å². The Morgan fingerprint density at radius 3 is 2.51 bits per heavy atom. The summed E-state index contributed by atoms with van der Waals surface area (Å²) in [5, 5.41) is 0. The molecular weight excluding hydrogens is 494 g/mol. The van der Waals surface area contributed by atoms with Crippen molar-refractivity contribution in [2.24, 2.45) is 4.99 Å². The molecule has 0 saturated carbocycles. The maximum atomic E-state index is 13.8. The molecule has 3 heterocycles. The lowest BCUT2D eigenvalue weighted by molar-refractivity contribution is -0.139. The Hall–Kier alpha value is -3.79. The Labute approximate surface area is 218 Å². The Bertz CT molecular complexity index is 1510. The van der Waals surface area contributed by atoms with Crippen LogP contribution in [-0.2, 0) is 9.53 Å². The predicted octanol–water partition coefficient (Wildman–Crippen LogP) is 3.25. The van der Waals surface area contributed by atoms with Gasteiger partial charge in [0.2, 0.25) is 0 Å². The van der Waals surface area contributed by atoms with E-state index in [1.807, 2.05) is 18.2 Å². The minimum absolute atomic E-state index is 0.200. The average Bonchev–Trinajstić information content (AvgIpc) is 3.47. The van der Waals surface area contributed by atoms with Gasteiger partial charge in [-0.15, -0.1) is 0 Å². The van der Waals surface area contributed by atoms with Gasteiger partial charge in [-0.05, 0) is 51.5 Å². The molecule has 0 radical (unpaired) electrons. The first-order chi connectivity index (χ1) is 17.9. The number of thiazole rings is 1. The van der Waals surface area contributed by atoms with Crippen LogP contribution in [-0.4, -0.2) is 44.5 Å². The quantitative estimate of drug-likeness (QED) is 0.396. The maximum absolute atomic E-state index is 13.8. The Kier molecular flexibility index (Phi) is 7.87. The third-order valence-electron chi connectivity index (χ3n) is 6.20. The van der Waals surface area contributed by atoms with Gasteiger partial charge in [-0.3, -0.25) is 9.36 Å². The third kappa shape index (κ3) is 4.93. The van der Waals surface area contributed by atoms with Crippen molar-refractivity contribution in [1.82, 2.24) is 4.57 Å². The van der Waals surface area contributed by atoms with Crippen LogP contribution < -0.4 is 29.3 Å². The van der Waals surface area contributed by atoms with Gasteiger partial charge >= 0.3 is 5.97 Å². The number of anilines is 1. The molecule has 1 aliphatic heterocycles. The zero-order chi connectivity index (χ0) is 26.7. The summed E-state index contributed by atoms with van der Waals surface area (Å²) in [4.78, 5) is 34.0. The molecule has 4 rings (SSSR count). The number of nitrogens with zero attached hydrogens (tertiary/aromatic N) is 3. The normalized spacial score (nSPS) is 15.3. The highest BCUT2D eigenvalue weighted by Crippen LogP contribution is 2.36. The molecule has 2 aromatic heterocycles. The monoisotopic (exact) mass is 525 g/mol. The van der Waals surface area contributed by atoms with Crippen LogP contribution in [0.1, 0.15) is 45.1 Å². The molecule has 1 unspecified atom stereocenters. The smallest absolute Gasteiger partial charge is 0.338 e. The second kappa shape index (κ2) is 11.1. The SMILES string of the molecule is CCOC(=O)C1=C(C)N=c2s/c(=C/c3ccc(N(CC)CC)o3)c(=O)n2C1c1ccc(OC)c(OC)c1. The molecule has 0 N–H and O–H groups in total. The molecular formula is C27H31N3O6S. The minimum atomic E-state index is -0.750. The number of rotatable bonds is 9. The van der Waals surface area contributed by atoms with Gasteiger partial charge in [0.25, 0.3) is 5.56 Å². The molecule has 10 heteroatoms. The molecule has 1 aliphatic rings. The Morgan fingerprint density at radius 2 is 1.86 bits per heavy atom. The molecule has 0 aliphatic carbocycles. The first-order valence-electron chi connectivity index (χ1n) is 12.1. The zero-order valence-corrected chi connectivity index (χ0v) is 22.7.